The third kappa shape index (κ3) is 4.01. The zero-order valence-corrected chi connectivity index (χ0v) is 15.4. The van der Waals surface area contributed by atoms with Gasteiger partial charge in [-0.15, -0.1) is 0 Å². The summed E-state index contributed by atoms with van der Waals surface area (Å²) >= 11 is 0. The predicted octanol–water partition coefficient (Wildman–Crippen LogP) is 4.29. The van der Waals surface area contributed by atoms with Crippen LogP contribution in [-0.2, 0) is 0 Å². The fraction of sp³-hybridized carbons (Fsp3) is 0.429. The van der Waals surface area contributed by atoms with Crippen molar-refractivity contribution in [2.45, 2.75) is 33.6 Å². The molecule has 0 aliphatic carbocycles. The number of hydrogen-bond donors (Lipinski definition) is 0. The maximum Gasteiger partial charge on any atom is 0.276 e. The standard InChI is InChI=1S/C21H27N3O/c1-4-24(19-9-5-7-16(2)13-19)21(25)20-14-18(10-11-22-20)23-12-6-8-17(3)15-23/h5,7,9-11,13-14,17H,4,6,8,12,15H2,1-3H3. The molecule has 0 radical (unpaired) electrons. The van der Waals surface area contributed by atoms with Gasteiger partial charge in [-0.3, -0.25) is 9.78 Å². The smallest absolute Gasteiger partial charge is 0.276 e. The lowest BCUT2D eigenvalue weighted by Crippen LogP contribution is -2.35. The highest BCUT2D eigenvalue weighted by Crippen LogP contribution is 2.24. The Bertz CT molecular complexity index is 743. The summed E-state index contributed by atoms with van der Waals surface area (Å²) in [5, 5.41) is 0. The average molecular weight is 337 g/mol. The van der Waals surface area contributed by atoms with Crippen LogP contribution >= 0.6 is 0 Å². The molecule has 4 heteroatoms. The molecule has 0 spiro atoms. The second kappa shape index (κ2) is 7.68. The van der Waals surface area contributed by atoms with Crippen LogP contribution in [0, 0.1) is 12.8 Å². The van der Waals surface area contributed by atoms with Crippen molar-refractivity contribution in [3.63, 3.8) is 0 Å². The molecule has 0 saturated carbocycles. The fourth-order valence-corrected chi connectivity index (χ4v) is 3.53. The number of hydrogen-bond acceptors (Lipinski definition) is 3. The summed E-state index contributed by atoms with van der Waals surface area (Å²) in [6.07, 6.45) is 4.24. The Morgan fingerprint density at radius 2 is 2.16 bits per heavy atom. The summed E-state index contributed by atoms with van der Waals surface area (Å²) in [6.45, 7) is 9.05. The van der Waals surface area contributed by atoms with Crippen molar-refractivity contribution in [2.75, 3.05) is 29.4 Å². The molecular weight excluding hydrogens is 310 g/mol. The molecule has 0 N–H and O–H groups in total. The number of piperidine rings is 1. The number of carbonyl (C=O) groups excluding carboxylic acids is 1. The first kappa shape index (κ1) is 17.5. The van der Waals surface area contributed by atoms with Gasteiger partial charge in [-0.25, -0.2) is 0 Å². The van der Waals surface area contributed by atoms with Gasteiger partial charge < -0.3 is 9.80 Å². The molecule has 2 heterocycles. The van der Waals surface area contributed by atoms with E-state index < -0.39 is 0 Å². The van der Waals surface area contributed by atoms with Crippen molar-refractivity contribution in [3.8, 4) is 0 Å². The van der Waals surface area contributed by atoms with Gasteiger partial charge in [-0.2, -0.15) is 0 Å². The zero-order valence-electron chi connectivity index (χ0n) is 15.4. The molecule has 1 aromatic carbocycles. The maximum absolute atomic E-state index is 13.0. The van der Waals surface area contributed by atoms with Gasteiger partial charge in [0.15, 0.2) is 0 Å². The Morgan fingerprint density at radius 3 is 2.88 bits per heavy atom. The average Bonchev–Trinajstić information content (AvgIpc) is 2.62. The van der Waals surface area contributed by atoms with Gasteiger partial charge in [0.05, 0.1) is 0 Å². The van der Waals surface area contributed by atoms with Gasteiger partial charge in [0.1, 0.15) is 5.69 Å². The van der Waals surface area contributed by atoms with E-state index >= 15 is 0 Å². The van der Waals surface area contributed by atoms with E-state index in [1.807, 2.05) is 50.2 Å². The molecule has 1 aromatic heterocycles. The maximum atomic E-state index is 13.0. The third-order valence-electron chi connectivity index (χ3n) is 4.86. The normalized spacial score (nSPS) is 17.4. The summed E-state index contributed by atoms with van der Waals surface area (Å²) < 4.78 is 0. The number of aryl methyl sites for hydroxylation is 1. The Balaban J connectivity index is 1.85. The Labute approximate surface area is 150 Å². The zero-order chi connectivity index (χ0) is 17.8. The third-order valence-corrected chi connectivity index (χ3v) is 4.86. The van der Waals surface area contributed by atoms with E-state index in [0.29, 0.717) is 18.2 Å². The number of amides is 1. The van der Waals surface area contributed by atoms with Crippen LogP contribution in [0.15, 0.2) is 42.6 Å². The van der Waals surface area contributed by atoms with Crippen LogP contribution in [0.25, 0.3) is 0 Å². The number of rotatable bonds is 4. The molecule has 1 aliphatic rings. The second-order valence-electron chi connectivity index (χ2n) is 6.98. The number of anilines is 2. The minimum absolute atomic E-state index is 0.0417. The first-order valence-corrected chi connectivity index (χ1v) is 9.18. The molecule has 1 aliphatic heterocycles. The van der Waals surface area contributed by atoms with E-state index in [2.05, 4.69) is 16.8 Å². The predicted molar refractivity (Wildman–Crippen MR) is 103 cm³/mol. The fourth-order valence-electron chi connectivity index (χ4n) is 3.53. The van der Waals surface area contributed by atoms with Gasteiger partial charge in [-0.05, 0) is 62.4 Å². The highest BCUT2D eigenvalue weighted by molar-refractivity contribution is 6.05. The van der Waals surface area contributed by atoms with E-state index in [4.69, 9.17) is 0 Å². The lowest BCUT2D eigenvalue weighted by Gasteiger charge is -2.33. The van der Waals surface area contributed by atoms with Crippen molar-refractivity contribution in [1.29, 1.82) is 0 Å². The highest BCUT2D eigenvalue weighted by Gasteiger charge is 2.21. The molecule has 1 fully saturated rings. The molecule has 25 heavy (non-hydrogen) atoms. The van der Waals surface area contributed by atoms with Gasteiger partial charge >= 0.3 is 0 Å². The minimum atomic E-state index is -0.0417. The van der Waals surface area contributed by atoms with Gasteiger partial charge in [0.2, 0.25) is 0 Å². The molecule has 0 bridgehead atoms. The second-order valence-corrected chi connectivity index (χ2v) is 6.98. The molecule has 4 nitrogen and oxygen atoms in total. The topological polar surface area (TPSA) is 36.4 Å². The largest absolute Gasteiger partial charge is 0.371 e. The van der Waals surface area contributed by atoms with E-state index in [9.17, 15) is 4.79 Å². The molecule has 1 saturated heterocycles. The number of nitrogens with zero attached hydrogens (tertiary/aromatic N) is 3. The molecule has 3 rings (SSSR count). The monoisotopic (exact) mass is 337 g/mol. The number of aromatic nitrogens is 1. The van der Waals surface area contributed by atoms with Crippen LogP contribution in [0.3, 0.4) is 0 Å². The summed E-state index contributed by atoms with van der Waals surface area (Å²) in [5.41, 5.74) is 3.68. The number of carbonyl (C=O) groups is 1. The van der Waals surface area contributed by atoms with Gasteiger partial charge in [0, 0.05) is 37.2 Å². The van der Waals surface area contributed by atoms with Crippen LogP contribution < -0.4 is 9.80 Å². The molecule has 1 atom stereocenters. The Hall–Kier alpha value is -2.36. The van der Waals surface area contributed by atoms with Crippen LogP contribution in [0.1, 0.15) is 42.7 Å². The molecule has 2 aromatic rings. The van der Waals surface area contributed by atoms with Gasteiger partial charge in [-0.1, -0.05) is 19.1 Å². The lowest BCUT2D eigenvalue weighted by atomic mass is 10.00. The van der Waals surface area contributed by atoms with Crippen LogP contribution in [-0.4, -0.2) is 30.5 Å². The summed E-state index contributed by atoms with van der Waals surface area (Å²) in [6, 6.07) is 12.0. The molecule has 132 valence electrons. The van der Waals surface area contributed by atoms with Crippen molar-refractivity contribution in [3.05, 3.63) is 53.9 Å². The molecular formula is C21H27N3O. The van der Waals surface area contributed by atoms with E-state index in [1.165, 1.54) is 12.8 Å². The van der Waals surface area contributed by atoms with Crippen LogP contribution in [0.2, 0.25) is 0 Å². The Morgan fingerprint density at radius 1 is 1.32 bits per heavy atom. The summed E-state index contributed by atoms with van der Waals surface area (Å²) in [5.74, 6) is 0.653. The molecule has 1 amide bonds. The minimum Gasteiger partial charge on any atom is -0.371 e. The summed E-state index contributed by atoms with van der Waals surface area (Å²) in [7, 11) is 0. The quantitative estimate of drug-likeness (QED) is 0.835. The van der Waals surface area contributed by atoms with Gasteiger partial charge in [0.25, 0.3) is 5.91 Å². The van der Waals surface area contributed by atoms with Crippen molar-refractivity contribution in [2.24, 2.45) is 5.92 Å². The number of benzene rings is 1. The van der Waals surface area contributed by atoms with Crippen molar-refractivity contribution >= 4 is 17.3 Å². The SMILES string of the molecule is CCN(C(=O)c1cc(N2CCCC(C)C2)ccn1)c1cccc(C)c1. The first-order valence-electron chi connectivity index (χ1n) is 9.18. The van der Waals surface area contributed by atoms with Crippen LogP contribution in [0.4, 0.5) is 11.4 Å². The van der Waals surface area contributed by atoms with Crippen molar-refractivity contribution in [1.82, 2.24) is 4.98 Å². The van der Waals surface area contributed by atoms with E-state index in [-0.39, 0.29) is 5.91 Å². The Kier molecular flexibility index (Phi) is 5.37. The van der Waals surface area contributed by atoms with E-state index in [1.54, 1.807) is 11.1 Å². The van der Waals surface area contributed by atoms with Crippen molar-refractivity contribution < 1.29 is 4.79 Å². The molecule has 1 unspecified atom stereocenters. The first-order chi connectivity index (χ1) is 12.1. The number of pyridine rings is 1. The summed E-state index contributed by atoms with van der Waals surface area (Å²) in [4.78, 5) is 21.5. The van der Waals surface area contributed by atoms with Crippen LogP contribution in [0.5, 0.6) is 0 Å². The highest BCUT2D eigenvalue weighted by atomic mass is 16.2. The lowest BCUT2D eigenvalue weighted by molar-refractivity contribution is 0.0983. The van der Waals surface area contributed by atoms with E-state index in [0.717, 1.165) is 30.0 Å².